The monoisotopic (exact) mass is 275 g/mol. The molecule has 3 rings (SSSR count). The molecule has 2 fully saturated rings. The van der Waals surface area contributed by atoms with Gasteiger partial charge in [0.15, 0.2) is 0 Å². The lowest BCUT2D eigenvalue weighted by atomic mass is 9.68. The molecule has 2 aliphatic rings. The third-order valence-electron chi connectivity index (χ3n) is 5.65. The third kappa shape index (κ3) is 2.08. The number of thioether (sulfide) groups is 1. The SMILES string of the molecule is CSc1cccc(NC2C(C)(C)[C@H]3CC[C@]2(C)C3)c1. The second-order valence-corrected chi connectivity index (χ2v) is 8.10. The molecule has 2 saturated carbocycles. The van der Waals surface area contributed by atoms with Crippen molar-refractivity contribution in [3.05, 3.63) is 24.3 Å². The first-order valence-corrected chi connectivity index (χ1v) is 8.59. The van der Waals surface area contributed by atoms with Crippen LogP contribution in [0.1, 0.15) is 40.0 Å². The summed E-state index contributed by atoms with van der Waals surface area (Å²) in [5, 5.41) is 3.86. The van der Waals surface area contributed by atoms with Crippen LogP contribution in [-0.2, 0) is 0 Å². The number of fused-ring (bicyclic) bond motifs is 2. The molecule has 1 nitrogen and oxygen atoms in total. The van der Waals surface area contributed by atoms with Crippen molar-refractivity contribution in [3.63, 3.8) is 0 Å². The number of nitrogens with one attached hydrogen (secondary N) is 1. The fourth-order valence-electron chi connectivity index (χ4n) is 4.54. The smallest absolute Gasteiger partial charge is 0.0368 e. The minimum atomic E-state index is 0.419. The minimum absolute atomic E-state index is 0.419. The highest BCUT2D eigenvalue weighted by atomic mass is 32.2. The molecule has 0 aliphatic heterocycles. The second kappa shape index (κ2) is 4.44. The molecule has 0 saturated heterocycles. The zero-order valence-corrected chi connectivity index (χ0v) is 13.3. The maximum atomic E-state index is 3.86. The molecule has 1 aromatic rings. The number of rotatable bonds is 3. The highest BCUT2D eigenvalue weighted by Gasteiger charge is 2.59. The van der Waals surface area contributed by atoms with Gasteiger partial charge in [0, 0.05) is 16.6 Å². The topological polar surface area (TPSA) is 12.0 Å². The molecule has 2 heteroatoms. The van der Waals surface area contributed by atoms with Gasteiger partial charge in [0.25, 0.3) is 0 Å². The van der Waals surface area contributed by atoms with Crippen molar-refractivity contribution in [3.8, 4) is 0 Å². The Balaban J connectivity index is 1.86. The van der Waals surface area contributed by atoms with E-state index in [1.165, 1.54) is 29.8 Å². The summed E-state index contributed by atoms with van der Waals surface area (Å²) in [6.07, 6.45) is 6.36. The standard InChI is InChI=1S/C17H25NS/c1-16(2)12-8-9-17(3,11-12)15(16)18-13-6-5-7-14(10-13)19-4/h5-7,10,12,15,18H,8-9,11H2,1-4H3/t12-,15?,17+/m0/s1. The quantitative estimate of drug-likeness (QED) is 0.776. The van der Waals surface area contributed by atoms with Gasteiger partial charge >= 0.3 is 0 Å². The molecular formula is C17H25NS. The zero-order valence-electron chi connectivity index (χ0n) is 12.5. The van der Waals surface area contributed by atoms with Crippen LogP contribution in [0.4, 0.5) is 5.69 Å². The maximum absolute atomic E-state index is 3.86. The summed E-state index contributed by atoms with van der Waals surface area (Å²) < 4.78 is 0. The molecule has 1 aromatic carbocycles. The molecule has 2 aliphatic carbocycles. The van der Waals surface area contributed by atoms with Crippen molar-refractivity contribution in [2.75, 3.05) is 11.6 Å². The summed E-state index contributed by atoms with van der Waals surface area (Å²) in [6, 6.07) is 9.46. The lowest BCUT2D eigenvalue weighted by molar-refractivity contribution is 0.155. The van der Waals surface area contributed by atoms with Crippen LogP contribution in [-0.4, -0.2) is 12.3 Å². The van der Waals surface area contributed by atoms with Crippen LogP contribution in [0, 0.1) is 16.7 Å². The highest BCUT2D eigenvalue weighted by molar-refractivity contribution is 7.98. The molecule has 0 aromatic heterocycles. The lowest BCUT2D eigenvalue weighted by Gasteiger charge is -2.43. The molecule has 0 amide bonds. The zero-order chi connectivity index (χ0) is 13.7. The molecule has 0 heterocycles. The van der Waals surface area contributed by atoms with E-state index in [4.69, 9.17) is 0 Å². The van der Waals surface area contributed by atoms with Gasteiger partial charge in [0.1, 0.15) is 0 Å². The second-order valence-electron chi connectivity index (χ2n) is 7.22. The van der Waals surface area contributed by atoms with Crippen LogP contribution in [0.5, 0.6) is 0 Å². The molecular weight excluding hydrogens is 250 g/mol. The molecule has 2 bridgehead atoms. The van der Waals surface area contributed by atoms with E-state index in [1.54, 1.807) is 0 Å². The van der Waals surface area contributed by atoms with E-state index in [9.17, 15) is 0 Å². The number of benzene rings is 1. The summed E-state index contributed by atoms with van der Waals surface area (Å²) in [4.78, 5) is 1.34. The van der Waals surface area contributed by atoms with Crippen LogP contribution in [0.25, 0.3) is 0 Å². The molecule has 0 spiro atoms. The van der Waals surface area contributed by atoms with Crippen LogP contribution in [0.2, 0.25) is 0 Å². The Bertz CT molecular complexity index is 477. The van der Waals surface area contributed by atoms with Gasteiger partial charge in [-0.2, -0.15) is 0 Å². The van der Waals surface area contributed by atoms with Crippen molar-refractivity contribution in [2.24, 2.45) is 16.7 Å². The predicted octanol–water partition coefficient (Wildman–Crippen LogP) is 5.04. The van der Waals surface area contributed by atoms with Crippen molar-refractivity contribution in [1.82, 2.24) is 0 Å². The molecule has 1 N–H and O–H groups in total. The van der Waals surface area contributed by atoms with Gasteiger partial charge in [-0.05, 0) is 60.5 Å². The average molecular weight is 275 g/mol. The van der Waals surface area contributed by atoms with Crippen molar-refractivity contribution in [2.45, 2.75) is 51.0 Å². The minimum Gasteiger partial charge on any atom is -0.381 e. The number of hydrogen-bond acceptors (Lipinski definition) is 2. The largest absolute Gasteiger partial charge is 0.381 e. The Morgan fingerprint density at radius 3 is 2.68 bits per heavy atom. The Morgan fingerprint density at radius 1 is 1.26 bits per heavy atom. The highest BCUT2D eigenvalue weighted by Crippen LogP contribution is 2.63. The van der Waals surface area contributed by atoms with E-state index >= 15 is 0 Å². The summed E-state index contributed by atoms with van der Waals surface area (Å²) in [7, 11) is 0. The predicted molar refractivity (Wildman–Crippen MR) is 84.9 cm³/mol. The van der Waals surface area contributed by atoms with Crippen molar-refractivity contribution in [1.29, 1.82) is 0 Å². The van der Waals surface area contributed by atoms with Gasteiger partial charge in [-0.3, -0.25) is 0 Å². The Kier molecular flexibility index (Phi) is 3.12. The first-order chi connectivity index (χ1) is 8.95. The number of hydrogen-bond donors (Lipinski definition) is 1. The van der Waals surface area contributed by atoms with E-state index < -0.39 is 0 Å². The molecule has 19 heavy (non-hydrogen) atoms. The first-order valence-electron chi connectivity index (χ1n) is 7.36. The lowest BCUT2D eigenvalue weighted by Crippen LogP contribution is -2.45. The van der Waals surface area contributed by atoms with Gasteiger partial charge in [-0.1, -0.05) is 26.8 Å². The van der Waals surface area contributed by atoms with Gasteiger partial charge in [0.2, 0.25) is 0 Å². The Labute approximate surface area is 121 Å². The normalized spacial score (nSPS) is 35.6. The van der Waals surface area contributed by atoms with E-state index in [-0.39, 0.29) is 0 Å². The fourth-order valence-corrected chi connectivity index (χ4v) is 5.00. The Hall–Kier alpha value is -0.630. The van der Waals surface area contributed by atoms with Crippen LogP contribution < -0.4 is 5.32 Å². The first kappa shape index (κ1) is 13.4. The van der Waals surface area contributed by atoms with E-state index in [0.717, 1.165) is 5.92 Å². The molecule has 104 valence electrons. The van der Waals surface area contributed by atoms with Crippen LogP contribution >= 0.6 is 11.8 Å². The molecule has 0 radical (unpaired) electrons. The molecule has 1 unspecified atom stereocenters. The van der Waals surface area contributed by atoms with E-state index in [1.807, 2.05) is 11.8 Å². The van der Waals surface area contributed by atoms with E-state index in [2.05, 4.69) is 56.6 Å². The van der Waals surface area contributed by atoms with Gasteiger partial charge < -0.3 is 5.32 Å². The summed E-state index contributed by atoms with van der Waals surface area (Å²) in [6.45, 7) is 7.40. The van der Waals surface area contributed by atoms with Gasteiger partial charge in [-0.15, -0.1) is 11.8 Å². The average Bonchev–Trinajstić information content (AvgIpc) is 2.86. The molecule has 3 atom stereocenters. The third-order valence-corrected chi connectivity index (χ3v) is 6.38. The number of anilines is 1. The maximum Gasteiger partial charge on any atom is 0.0368 e. The van der Waals surface area contributed by atoms with Crippen molar-refractivity contribution < 1.29 is 0 Å². The Morgan fingerprint density at radius 2 is 2.05 bits per heavy atom. The summed E-state index contributed by atoms with van der Waals surface area (Å²) in [5.74, 6) is 0.902. The summed E-state index contributed by atoms with van der Waals surface area (Å²) >= 11 is 1.82. The van der Waals surface area contributed by atoms with Crippen LogP contribution in [0.3, 0.4) is 0 Å². The summed E-state index contributed by atoms with van der Waals surface area (Å²) in [5.41, 5.74) is 2.20. The van der Waals surface area contributed by atoms with Crippen molar-refractivity contribution >= 4 is 17.4 Å². The van der Waals surface area contributed by atoms with Crippen LogP contribution in [0.15, 0.2) is 29.2 Å². The van der Waals surface area contributed by atoms with E-state index in [0.29, 0.717) is 16.9 Å². The fraction of sp³-hybridized carbons (Fsp3) is 0.647. The van der Waals surface area contributed by atoms with Gasteiger partial charge in [0.05, 0.1) is 0 Å². The van der Waals surface area contributed by atoms with Gasteiger partial charge in [-0.25, -0.2) is 0 Å².